The summed E-state index contributed by atoms with van der Waals surface area (Å²) >= 11 is 10.8. The van der Waals surface area contributed by atoms with Crippen LogP contribution in [0.1, 0.15) is 0 Å². The van der Waals surface area contributed by atoms with Gasteiger partial charge in [0.05, 0.1) is 92.5 Å². The predicted molar refractivity (Wildman–Crippen MR) is 166 cm³/mol. The van der Waals surface area contributed by atoms with Crippen LogP contribution in [0, 0.1) is 0 Å². The molecule has 41 heavy (non-hydrogen) atoms. The van der Waals surface area contributed by atoms with Crippen molar-refractivity contribution in [2.24, 2.45) is 0 Å². The number of ether oxygens (including phenoxy) is 7. The normalized spacial score (nSPS) is 26.8. The van der Waals surface area contributed by atoms with E-state index >= 15 is 0 Å². The zero-order valence-corrected chi connectivity index (χ0v) is 26.2. The lowest BCUT2D eigenvalue weighted by Gasteiger charge is -2.24. The van der Waals surface area contributed by atoms with Crippen LogP contribution in [-0.2, 0) is 33.2 Å². The molecule has 0 radical (unpaired) electrons. The van der Waals surface area contributed by atoms with E-state index in [1.54, 1.807) is 0 Å². The number of hydrogen-bond donors (Lipinski definition) is 4. The minimum Gasteiger partial charge on any atom is -0.378 e. The molecule has 3 saturated heterocycles. The Bertz CT molecular complexity index is 587. The summed E-state index contributed by atoms with van der Waals surface area (Å²) in [5.41, 5.74) is 0. The molecule has 0 atom stereocenters. The third kappa shape index (κ3) is 22.3. The lowest BCUT2D eigenvalue weighted by atomic mass is 10.4. The predicted octanol–water partition coefficient (Wildman–Crippen LogP) is -1.34. The highest BCUT2D eigenvalue weighted by Gasteiger charge is 2.08. The monoisotopic (exact) mass is 624 g/mol. The van der Waals surface area contributed by atoms with Gasteiger partial charge in [-0.15, -0.1) is 0 Å². The SMILES string of the molecule is S=C1NCCOCCOCCOCCNC(=S)NCCN2CCOCCOCCN(CCN1)CCOCCOCC2. The van der Waals surface area contributed by atoms with Gasteiger partial charge in [-0.3, -0.25) is 9.80 Å². The van der Waals surface area contributed by atoms with E-state index in [1.807, 2.05) is 0 Å². The summed E-state index contributed by atoms with van der Waals surface area (Å²) in [7, 11) is 0. The summed E-state index contributed by atoms with van der Waals surface area (Å²) in [6, 6.07) is 0. The third-order valence-corrected chi connectivity index (χ3v) is 6.76. The molecular formula is C26H52N6O7S2. The first kappa shape index (κ1) is 36.2. The molecule has 4 N–H and O–H groups in total. The van der Waals surface area contributed by atoms with Crippen LogP contribution in [0.4, 0.5) is 0 Å². The summed E-state index contributed by atoms with van der Waals surface area (Å²) in [6.45, 7) is 15.6. The van der Waals surface area contributed by atoms with E-state index in [9.17, 15) is 0 Å². The van der Waals surface area contributed by atoms with Crippen molar-refractivity contribution >= 4 is 34.7 Å². The van der Waals surface area contributed by atoms with Gasteiger partial charge in [-0.05, 0) is 24.4 Å². The fraction of sp³-hybridized carbons (Fsp3) is 0.923. The highest BCUT2D eigenvalue weighted by atomic mass is 32.1. The summed E-state index contributed by atoms with van der Waals surface area (Å²) in [5, 5.41) is 14.1. The van der Waals surface area contributed by atoms with Gasteiger partial charge in [-0.1, -0.05) is 0 Å². The van der Waals surface area contributed by atoms with Gasteiger partial charge >= 0.3 is 0 Å². The van der Waals surface area contributed by atoms with Crippen LogP contribution in [0.2, 0.25) is 0 Å². The van der Waals surface area contributed by atoms with Crippen LogP contribution in [0.25, 0.3) is 0 Å². The molecule has 0 aliphatic carbocycles. The molecule has 2 bridgehead atoms. The Morgan fingerprint density at radius 3 is 0.951 bits per heavy atom. The van der Waals surface area contributed by atoms with E-state index < -0.39 is 0 Å². The standard InChI is InChI=1S/C26H52N6O7S2/c40-25-27-1-5-31-7-13-35-19-21-37-15-9-32(10-16-38-22-20-36-14-8-31)6-2-28-26(41)30-4-12-34-18-24-39-23-17-33-11-3-29-25/h1-24H2,(H2,27,29,40)(H2,28,30,41). The van der Waals surface area contributed by atoms with Gasteiger partial charge in [0.2, 0.25) is 0 Å². The van der Waals surface area contributed by atoms with Crippen molar-refractivity contribution in [2.75, 3.05) is 158 Å². The first-order valence-electron chi connectivity index (χ1n) is 14.8. The second-order valence-electron chi connectivity index (χ2n) is 9.34. The van der Waals surface area contributed by atoms with Crippen molar-refractivity contribution in [3.63, 3.8) is 0 Å². The van der Waals surface area contributed by atoms with E-state index in [0.29, 0.717) is 116 Å². The number of rotatable bonds is 0. The second-order valence-corrected chi connectivity index (χ2v) is 10.2. The molecule has 0 aromatic heterocycles. The Morgan fingerprint density at radius 1 is 0.341 bits per heavy atom. The van der Waals surface area contributed by atoms with Crippen molar-refractivity contribution in [3.05, 3.63) is 0 Å². The molecule has 3 rings (SSSR count). The summed E-state index contributed by atoms with van der Waals surface area (Å²) in [4.78, 5) is 4.62. The molecule has 0 aromatic carbocycles. The molecular weight excluding hydrogens is 572 g/mol. The van der Waals surface area contributed by atoms with Gasteiger partial charge in [-0.2, -0.15) is 0 Å². The molecule has 3 heterocycles. The summed E-state index contributed by atoms with van der Waals surface area (Å²) < 4.78 is 40.1. The second kappa shape index (κ2) is 26.6. The molecule has 0 aromatic rings. The minimum atomic E-state index is 0.525. The van der Waals surface area contributed by atoms with Gasteiger partial charge in [0, 0.05) is 65.4 Å². The van der Waals surface area contributed by atoms with Crippen LogP contribution in [0.3, 0.4) is 0 Å². The van der Waals surface area contributed by atoms with Crippen LogP contribution in [-0.4, -0.2) is 178 Å². The Morgan fingerprint density at radius 2 is 0.610 bits per heavy atom. The Kier molecular flexibility index (Phi) is 23.5. The maximum absolute atomic E-state index is 5.83. The molecule has 0 saturated carbocycles. The van der Waals surface area contributed by atoms with Crippen molar-refractivity contribution in [2.45, 2.75) is 0 Å². The van der Waals surface area contributed by atoms with Crippen molar-refractivity contribution in [1.29, 1.82) is 0 Å². The summed E-state index contributed by atoms with van der Waals surface area (Å²) in [5.74, 6) is 0. The Hall–Kier alpha value is -0.980. The van der Waals surface area contributed by atoms with Gasteiger partial charge < -0.3 is 54.4 Å². The van der Waals surface area contributed by atoms with Crippen LogP contribution in [0.5, 0.6) is 0 Å². The number of fused-ring (bicyclic) bond motifs is 34. The molecule has 13 nitrogen and oxygen atoms in total. The number of nitrogens with one attached hydrogen (secondary N) is 4. The van der Waals surface area contributed by atoms with Gasteiger partial charge in [0.25, 0.3) is 0 Å². The number of nitrogens with zero attached hydrogens (tertiary/aromatic N) is 2. The molecule has 15 heteroatoms. The minimum absolute atomic E-state index is 0.525. The fourth-order valence-electron chi connectivity index (χ4n) is 3.88. The van der Waals surface area contributed by atoms with E-state index in [0.717, 1.165) is 52.4 Å². The lowest BCUT2D eigenvalue weighted by molar-refractivity contribution is 0.00858. The quantitative estimate of drug-likeness (QED) is 0.188. The summed E-state index contributed by atoms with van der Waals surface area (Å²) in [6.07, 6.45) is 0. The highest BCUT2D eigenvalue weighted by Crippen LogP contribution is 1.94. The topological polar surface area (TPSA) is 119 Å². The average molecular weight is 625 g/mol. The first-order valence-corrected chi connectivity index (χ1v) is 15.6. The Balaban J connectivity index is 1.83. The maximum Gasteiger partial charge on any atom is 0.166 e. The van der Waals surface area contributed by atoms with Crippen molar-refractivity contribution in [3.8, 4) is 0 Å². The lowest BCUT2D eigenvalue weighted by Crippen LogP contribution is -2.43. The first-order chi connectivity index (χ1) is 20.2. The Labute approximate surface area is 256 Å². The van der Waals surface area contributed by atoms with Gasteiger partial charge in [0.15, 0.2) is 10.2 Å². The van der Waals surface area contributed by atoms with E-state index in [2.05, 4.69) is 31.1 Å². The molecule has 0 unspecified atom stereocenters. The molecule has 3 fully saturated rings. The number of hydrogen-bond acceptors (Lipinski definition) is 11. The highest BCUT2D eigenvalue weighted by molar-refractivity contribution is 7.80. The molecule has 3 aliphatic rings. The average Bonchev–Trinajstić information content (AvgIpc) is 2.96. The molecule has 3 aliphatic heterocycles. The molecule has 0 amide bonds. The van der Waals surface area contributed by atoms with Crippen molar-refractivity contribution < 1.29 is 33.2 Å². The molecule has 0 spiro atoms. The van der Waals surface area contributed by atoms with E-state index in [-0.39, 0.29) is 0 Å². The van der Waals surface area contributed by atoms with Gasteiger partial charge in [0.1, 0.15) is 0 Å². The van der Waals surface area contributed by atoms with E-state index in [1.165, 1.54) is 0 Å². The third-order valence-electron chi connectivity index (χ3n) is 6.19. The van der Waals surface area contributed by atoms with Crippen LogP contribution >= 0.6 is 24.4 Å². The maximum atomic E-state index is 5.83. The fourth-order valence-corrected chi connectivity index (χ4v) is 4.29. The van der Waals surface area contributed by atoms with Crippen LogP contribution < -0.4 is 21.3 Å². The zero-order valence-electron chi connectivity index (χ0n) is 24.5. The number of thiocarbonyl (C=S) groups is 2. The van der Waals surface area contributed by atoms with Gasteiger partial charge in [-0.25, -0.2) is 0 Å². The zero-order chi connectivity index (χ0) is 29.1. The van der Waals surface area contributed by atoms with Crippen LogP contribution in [0.15, 0.2) is 0 Å². The molecule has 240 valence electrons. The smallest absolute Gasteiger partial charge is 0.166 e. The van der Waals surface area contributed by atoms with E-state index in [4.69, 9.17) is 57.6 Å². The largest absolute Gasteiger partial charge is 0.378 e. The van der Waals surface area contributed by atoms with Crippen molar-refractivity contribution in [1.82, 2.24) is 31.1 Å².